The minimum Gasteiger partial charge on any atom is -0.374 e. The summed E-state index contributed by atoms with van der Waals surface area (Å²) in [5, 5.41) is 0. The molecule has 0 aromatic rings. The van der Waals surface area contributed by atoms with Crippen molar-refractivity contribution in [3.8, 4) is 0 Å². The number of ether oxygens (including phenoxy) is 1. The number of fused-ring (bicyclic) bond motifs is 6. The lowest BCUT2D eigenvalue weighted by Crippen LogP contribution is -2.56. The first-order valence-electron chi connectivity index (χ1n) is 10.6. The fourth-order valence-corrected chi connectivity index (χ4v) is 8.48. The second kappa shape index (κ2) is 5.09. The van der Waals surface area contributed by atoms with Gasteiger partial charge in [0.05, 0.1) is 5.60 Å². The molecule has 1 aliphatic heterocycles. The minimum atomic E-state index is 0.225. The minimum absolute atomic E-state index is 0.225. The summed E-state index contributed by atoms with van der Waals surface area (Å²) in [4.78, 5) is 12.0. The van der Waals surface area contributed by atoms with Crippen molar-refractivity contribution in [1.82, 2.24) is 0 Å². The Balaban J connectivity index is 1.46. The first-order chi connectivity index (χ1) is 11.5. The maximum atomic E-state index is 12.0. The Kier molecular flexibility index (Phi) is 3.36. The molecule has 0 bridgehead atoms. The summed E-state index contributed by atoms with van der Waals surface area (Å²) in [6.07, 6.45) is 13.7. The highest BCUT2D eigenvalue weighted by molar-refractivity contribution is 5.79. The molecule has 1 saturated heterocycles. The third-order valence-corrected chi connectivity index (χ3v) is 9.87. The highest BCUT2D eigenvalue weighted by Crippen LogP contribution is 2.70. The van der Waals surface area contributed by atoms with Crippen LogP contribution < -0.4 is 0 Å². The van der Waals surface area contributed by atoms with Crippen molar-refractivity contribution >= 4 is 5.78 Å². The van der Waals surface area contributed by atoms with Crippen molar-refractivity contribution in [2.24, 2.45) is 34.5 Å². The smallest absolute Gasteiger partial charge is 0.133 e. The summed E-state index contributed by atoms with van der Waals surface area (Å²) in [6, 6.07) is 0. The van der Waals surface area contributed by atoms with Gasteiger partial charge in [-0.1, -0.05) is 13.8 Å². The number of ketones is 1. The summed E-state index contributed by atoms with van der Waals surface area (Å²) < 4.78 is 6.45. The molecule has 0 amide bonds. The largest absolute Gasteiger partial charge is 0.374 e. The third kappa shape index (κ3) is 1.85. The van der Waals surface area contributed by atoms with Gasteiger partial charge in [-0.05, 0) is 92.3 Å². The van der Waals surface area contributed by atoms with E-state index in [2.05, 4.69) is 13.8 Å². The molecule has 0 aromatic heterocycles. The molecule has 5 aliphatic rings. The van der Waals surface area contributed by atoms with Crippen molar-refractivity contribution in [3.63, 3.8) is 0 Å². The Morgan fingerprint density at radius 3 is 2.58 bits per heavy atom. The van der Waals surface area contributed by atoms with Crippen molar-refractivity contribution in [2.45, 2.75) is 90.1 Å². The van der Waals surface area contributed by atoms with Gasteiger partial charge in [0.2, 0.25) is 0 Å². The van der Waals surface area contributed by atoms with Crippen LogP contribution in [0.2, 0.25) is 0 Å². The molecule has 4 aliphatic carbocycles. The summed E-state index contributed by atoms with van der Waals surface area (Å²) >= 11 is 0. The Hall–Kier alpha value is -0.370. The van der Waals surface area contributed by atoms with E-state index >= 15 is 0 Å². The van der Waals surface area contributed by atoms with Crippen LogP contribution in [-0.4, -0.2) is 18.0 Å². The Bertz CT molecular complexity index is 548. The monoisotopic (exact) mass is 330 g/mol. The van der Waals surface area contributed by atoms with Gasteiger partial charge >= 0.3 is 0 Å². The average molecular weight is 331 g/mol. The molecule has 1 spiro atoms. The molecular formula is C22H34O2. The van der Waals surface area contributed by atoms with Crippen molar-refractivity contribution in [2.75, 3.05) is 6.61 Å². The van der Waals surface area contributed by atoms with E-state index in [1.807, 2.05) is 0 Å². The maximum absolute atomic E-state index is 12.0. The maximum Gasteiger partial charge on any atom is 0.133 e. The molecule has 0 radical (unpaired) electrons. The number of Topliss-reactive ketones (excluding diaryl/α,β-unsaturated/α-hetero) is 1. The quantitative estimate of drug-likeness (QED) is 0.614. The number of hydrogen-bond acceptors (Lipinski definition) is 2. The first kappa shape index (κ1) is 15.9. The molecule has 5 fully saturated rings. The van der Waals surface area contributed by atoms with Gasteiger partial charge in [-0.3, -0.25) is 4.79 Å². The van der Waals surface area contributed by atoms with Gasteiger partial charge in [0.15, 0.2) is 0 Å². The summed E-state index contributed by atoms with van der Waals surface area (Å²) in [5.41, 5.74) is 1.10. The molecule has 24 heavy (non-hydrogen) atoms. The molecule has 7 atom stereocenters. The van der Waals surface area contributed by atoms with Gasteiger partial charge in [-0.25, -0.2) is 0 Å². The fourth-order valence-electron chi connectivity index (χ4n) is 8.48. The van der Waals surface area contributed by atoms with E-state index in [4.69, 9.17) is 4.74 Å². The number of hydrogen-bond donors (Lipinski definition) is 0. The van der Waals surface area contributed by atoms with E-state index in [1.165, 1.54) is 57.8 Å². The molecule has 4 saturated carbocycles. The molecule has 134 valence electrons. The Labute approximate surface area is 147 Å². The number of rotatable bonds is 0. The first-order valence-corrected chi connectivity index (χ1v) is 10.6. The molecule has 1 heterocycles. The number of carbonyl (C=O) groups is 1. The highest BCUT2D eigenvalue weighted by Gasteiger charge is 2.65. The predicted molar refractivity (Wildman–Crippen MR) is 94.7 cm³/mol. The van der Waals surface area contributed by atoms with Crippen LogP contribution in [0.4, 0.5) is 0 Å². The summed E-state index contributed by atoms with van der Waals surface area (Å²) in [6.45, 7) is 6.14. The van der Waals surface area contributed by atoms with Gasteiger partial charge in [-0.15, -0.1) is 0 Å². The zero-order valence-corrected chi connectivity index (χ0v) is 15.6. The second-order valence-corrected chi connectivity index (χ2v) is 10.3. The lowest BCUT2D eigenvalue weighted by molar-refractivity contribution is -0.160. The van der Waals surface area contributed by atoms with Crippen LogP contribution in [0.3, 0.4) is 0 Å². The fraction of sp³-hybridized carbons (Fsp3) is 0.955. The lowest BCUT2D eigenvalue weighted by atomic mass is 9.44. The molecule has 0 N–H and O–H groups in total. The highest BCUT2D eigenvalue weighted by atomic mass is 16.5. The Morgan fingerprint density at radius 2 is 1.79 bits per heavy atom. The van der Waals surface area contributed by atoms with Crippen LogP contribution in [0.25, 0.3) is 0 Å². The number of carbonyl (C=O) groups excluding carboxylic acids is 1. The van der Waals surface area contributed by atoms with Gasteiger partial charge in [-0.2, -0.15) is 0 Å². The standard InChI is InChI=1S/C22H34O2/c1-20-10-6-16(23)14-15(20)4-5-17-18(20)7-11-21(2)19(17)8-12-22(21)9-3-13-24-22/h15,17-19H,3-14H2,1-2H3/t15-,17+,18-,19-,20-,21-,22?/m0/s1. The van der Waals surface area contributed by atoms with Crippen LogP contribution in [0, 0.1) is 34.5 Å². The summed E-state index contributed by atoms with van der Waals surface area (Å²) in [7, 11) is 0. The molecule has 5 rings (SSSR count). The van der Waals surface area contributed by atoms with E-state index in [9.17, 15) is 4.79 Å². The SMILES string of the molecule is C[C@]12CCC(=O)C[C@@H]1CC[C@@H]1[C@@H]2CC[C@@]2(C)[C@H]1CCC21CCCO1. The third-order valence-electron chi connectivity index (χ3n) is 9.87. The van der Waals surface area contributed by atoms with E-state index in [0.717, 1.165) is 37.2 Å². The summed E-state index contributed by atoms with van der Waals surface area (Å²) in [5.74, 6) is 3.88. The van der Waals surface area contributed by atoms with Crippen LogP contribution in [-0.2, 0) is 9.53 Å². The average Bonchev–Trinajstić information content (AvgIpc) is 3.15. The molecular weight excluding hydrogens is 296 g/mol. The van der Waals surface area contributed by atoms with Gasteiger partial charge < -0.3 is 4.74 Å². The van der Waals surface area contributed by atoms with Crippen LogP contribution in [0.5, 0.6) is 0 Å². The van der Waals surface area contributed by atoms with Gasteiger partial charge in [0, 0.05) is 19.4 Å². The van der Waals surface area contributed by atoms with E-state index in [-0.39, 0.29) is 5.60 Å². The molecule has 1 unspecified atom stereocenters. The molecule has 2 nitrogen and oxygen atoms in total. The normalized spacial score (nSPS) is 56.8. The van der Waals surface area contributed by atoms with E-state index in [0.29, 0.717) is 22.5 Å². The topological polar surface area (TPSA) is 26.3 Å². The van der Waals surface area contributed by atoms with Crippen LogP contribution in [0.15, 0.2) is 0 Å². The lowest BCUT2D eigenvalue weighted by Gasteiger charge is -2.61. The van der Waals surface area contributed by atoms with Crippen LogP contribution >= 0.6 is 0 Å². The van der Waals surface area contributed by atoms with E-state index < -0.39 is 0 Å². The second-order valence-electron chi connectivity index (χ2n) is 10.3. The van der Waals surface area contributed by atoms with Crippen molar-refractivity contribution in [1.29, 1.82) is 0 Å². The van der Waals surface area contributed by atoms with Crippen LogP contribution in [0.1, 0.15) is 84.5 Å². The van der Waals surface area contributed by atoms with Crippen molar-refractivity contribution < 1.29 is 9.53 Å². The predicted octanol–water partition coefficient (Wildman–Crippen LogP) is 5.15. The van der Waals surface area contributed by atoms with Gasteiger partial charge in [0.1, 0.15) is 5.78 Å². The molecule has 0 aromatic carbocycles. The van der Waals surface area contributed by atoms with E-state index in [1.54, 1.807) is 0 Å². The molecule has 2 heteroatoms. The zero-order valence-electron chi connectivity index (χ0n) is 15.6. The Morgan fingerprint density at radius 1 is 0.958 bits per heavy atom. The van der Waals surface area contributed by atoms with Gasteiger partial charge in [0.25, 0.3) is 0 Å². The van der Waals surface area contributed by atoms with Crippen molar-refractivity contribution in [3.05, 3.63) is 0 Å². The zero-order chi connectivity index (χ0) is 16.6.